The van der Waals surface area contributed by atoms with Crippen molar-refractivity contribution in [2.75, 3.05) is 4.90 Å². The Balaban J connectivity index is 2.48. The van der Waals surface area contributed by atoms with Crippen LogP contribution < -0.4 is 10.6 Å². The van der Waals surface area contributed by atoms with Gasteiger partial charge in [0.2, 0.25) is 0 Å². The van der Waals surface area contributed by atoms with Crippen LogP contribution in [-0.4, -0.2) is 5.91 Å². The van der Waals surface area contributed by atoms with Crippen LogP contribution in [0.4, 0.5) is 11.4 Å². The van der Waals surface area contributed by atoms with Crippen LogP contribution in [0.25, 0.3) is 0 Å². The second kappa shape index (κ2) is 5.19. The van der Waals surface area contributed by atoms with Gasteiger partial charge in [-0.1, -0.05) is 43.0 Å². The lowest BCUT2D eigenvalue weighted by Crippen LogP contribution is -2.27. The molecule has 0 spiro atoms. The first kappa shape index (κ1) is 11.9. The summed E-state index contributed by atoms with van der Waals surface area (Å²) in [6.07, 6.45) is 0. The molecule has 0 radical (unpaired) electrons. The number of amides is 1. The first-order valence-corrected chi connectivity index (χ1v) is 5.59. The molecule has 2 N–H and O–H groups in total. The molecule has 2 aromatic carbocycles. The molecule has 3 heteroatoms. The zero-order valence-electron chi connectivity index (χ0n) is 9.91. The van der Waals surface area contributed by atoms with Gasteiger partial charge in [-0.2, -0.15) is 0 Å². The number of rotatable bonds is 4. The third-order valence-corrected chi connectivity index (χ3v) is 2.58. The van der Waals surface area contributed by atoms with Crippen LogP contribution in [0, 0.1) is 0 Å². The molecule has 0 atom stereocenters. The van der Waals surface area contributed by atoms with Crippen molar-refractivity contribution in [3.63, 3.8) is 0 Å². The fourth-order valence-electron chi connectivity index (χ4n) is 1.73. The average molecular weight is 238 g/mol. The van der Waals surface area contributed by atoms with Crippen LogP contribution in [0.5, 0.6) is 0 Å². The lowest BCUT2D eigenvalue weighted by atomic mass is 10.2. The zero-order valence-corrected chi connectivity index (χ0v) is 9.91. The molecule has 1 amide bonds. The van der Waals surface area contributed by atoms with Crippen LogP contribution in [0.15, 0.2) is 72.9 Å². The van der Waals surface area contributed by atoms with Gasteiger partial charge in [0.1, 0.15) is 5.70 Å². The Bertz CT molecular complexity index is 510. The van der Waals surface area contributed by atoms with Gasteiger partial charge < -0.3 is 10.6 Å². The van der Waals surface area contributed by atoms with Crippen molar-refractivity contribution in [3.8, 4) is 0 Å². The highest BCUT2D eigenvalue weighted by molar-refractivity contribution is 5.97. The van der Waals surface area contributed by atoms with Crippen molar-refractivity contribution >= 4 is 17.3 Å². The smallest absolute Gasteiger partial charge is 0.265 e. The SMILES string of the molecule is C=C(C(N)=O)N(c1ccccc1)c1ccccc1. The van der Waals surface area contributed by atoms with Crippen LogP contribution in [0.3, 0.4) is 0 Å². The third kappa shape index (κ3) is 2.40. The summed E-state index contributed by atoms with van der Waals surface area (Å²) in [5.41, 5.74) is 7.28. The van der Waals surface area contributed by atoms with Crippen molar-refractivity contribution in [1.82, 2.24) is 0 Å². The molecular weight excluding hydrogens is 224 g/mol. The van der Waals surface area contributed by atoms with E-state index in [0.717, 1.165) is 11.4 Å². The Labute approximate surface area is 106 Å². The Hall–Kier alpha value is -2.55. The number of nitrogens with zero attached hydrogens (tertiary/aromatic N) is 1. The number of para-hydroxylation sites is 2. The van der Waals surface area contributed by atoms with Gasteiger partial charge in [0.15, 0.2) is 0 Å². The molecule has 18 heavy (non-hydrogen) atoms. The molecule has 0 fully saturated rings. The molecule has 0 aliphatic rings. The second-order valence-corrected chi connectivity index (χ2v) is 3.82. The molecule has 2 aromatic rings. The summed E-state index contributed by atoms with van der Waals surface area (Å²) in [4.78, 5) is 13.1. The number of anilines is 2. The van der Waals surface area contributed by atoms with Gasteiger partial charge in [0.25, 0.3) is 5.91 Å². The topological polar surface area (TPSA) is 46.3 Å². The normalized spacial score (nSPS) is 9.78. The van der Waals surface area contributed by atoms with Crippen molar-refractivity contribution in [2.24, 2.45) is 5.73 Å². The fraction of sp³-hybridized carbons (Fsp3) is 0. The highest BCUT2D eigenvalue weighted by Gasteiger charge is 2.16. The lowest BCUT2D eigenvalue weighted by molar-refractivity contribution is -0.114. The Kier molecular flexibility index (Phi) is 3.44. The summed E-state index contributed by atoms with van der Waals surface area (Å²) in [7, 11) is 0. The van der Waals surface area contributed by atoms with Gasteiger partial charge in [0.05, 0.1) is 0 Å². The first-order chi connectivity index (χ1) is 8.70. The minimum absolute atomic E-state index is 0.243. The van der Waals surface area contributed by atoms with Crippen molar-refractivity contribution in [1.29, 1.82) is 0 Å². The number of primary amides is 1. The van der Waals surface area contributed by atoms with Gasteiger partial charge in [-0.15, -0.1) is 0 Å². The number of nitrogens with two attached hydrogens (primary N) is 1. The van der Waals surface area contributed by atoms with Crippen molar-refractivity contribution in [3.05, 3.63) is 72.9 Å². The van der Waals surface area contributed by atoms with Gasteiger partial charge in [0, 0.05) is 11.4 Å². The van der Waals surface area contributed by atoms with Crippen molar-refractivity contribution in [2.45, 2.75) is 0 Å². The van der Waals surface area contributed by atoms with Gasteiger partial charge in [-0.3, -0.25) is 4.79 Å². The van der Waals surface area contributed by atoms with Gasteiger partial charge in [-0.05, 0) is 24.3 Å². The third-order valence-electron chi connectivity index (χ3n) is 2.58. The molecule has 0 aliphatic heterocycles. The predicted molar refractivity (Wildman–Crippen MR) is 73.4 cm³/mol. The van der Waals surface area contributed by atoms with Crippen LogP contribution in [0.1, 0.15) is 0 Å². The first-order valence-electron chi connectivity index (χ1n) is 5.59. The minimum atomic E-state index is -0.539. The maximum atomic E-state index is 11.4. The zero-order chi connectivity index (χ0) is 13.0. The largest absolute Gasteiger partial charge is 0.364 e. The van der Waals surface area contributed by atoms with E-state index in [-0.39, 0.29) is 5.70 Å². The summed E-state index contributed by atoms with van der Waals surface area (Å²) in [5.74, 6) is -0.539. The summed E-state index contributed by atoms with van der Waals surface area (Å²) >= 11 is 0. The quantitative estimate of drug-likeness (QED) is 0.832. The van der Waals surface area contributed by atoms with Crippen LogP contribution >= 0.6 is 0 Å². The second-order valence-electron chi connectivity index (χ2n) is 3.82. The van der Waals surface area contributed by atoms with Crippen molar-refractivity contribution < 1.29 is 4.79 Å². The number of hydrogen-bond acceptors (Lipinski definition) is 2. The lowest BCUT2D eigenvalue weighted by Gasteiger charge is -2.25. The van der Waals surface area contributed by atoms with E-state index in [0.29, 0.717) is 0 Å². The number of benzene rings is 2. The standard InChI is InChI=1S/C15H14N2O/c1-12(15(16)18)17(13-8-4-2-5-9-13)14-10-6-3-7-11-14/h2-11H,1H2,(H2,16,18). The molecule has 2 rings (SSSR count). The van der Waals surface area contributed by atoms with E-state index in [4.69, 9.17) is 5.73 Å². The van der Waals surface area contributed by atoms with Crippen LogP contribution in [-0.2, 0) is 4.79 Å². The van der Waals surface area contributed by atoms with E-state index in [9.17, 15) is 4.79 Å². The summed E-state index contributed by atoms with van der Waals surface area (Å²) in [6.45, 7) is 3.76. The molecule has 0 heterocycles. The van der Waals surface area contributed by atoms with E-state index in [1.807, 2.05) is 60.7 Å². The molecule has 0 saturated carbocycles. The highest BCUT2D eigenvalue weighted by atomic mass is 16.1. The van der Waals surface area contributed by atoms with E-state index < -0.39 is 5.91 Å². The van der Waals surface area contributed by atoms with E-state index in [1.165, 1.54) is 0 Å². The maximum Gasteiger partial charge on any atom is 0.265 e. The molecule has 0 saturated heterocycles. The number of carbonyl (C=O) groups excluding carboxylic acids is 1. The Morgan fingerprint density at radius 2 is 1.28 bits per heavy atom. The summed E-state index contributed by atoms with van der Waals surface area (Å²) in [5, 5.41) is 0. The van der Waals surface area contributed by atoms with Gasteiger partial charge >= 0.3 is 0 Å². The van der Waals surface area contributed by atoms with E-state index in [2.05, 4.69) is 6.58 Å². The Morgan fingerprint density at radius 1 is 0.889 bits per heavy atom. The van der Waals surface area contributed by atoms with Crippen LogP contribution in [0.2, 0.25) is 0 Å². The molecule has 3 nitrogen and oxygen atoms in total. The summed E-state index contributed by atoms with van der Waals surface area (Å²) < 4.78 is 0. The average Bonchev–Trinajstić information content (AvgIpc) is 2.41. The van der Waals surface area contributed by atoms with E-state index >= 15 is 0 Å². The maximum absolute atomic E-state index is 11.4. The minimum Gasteiger partial charge on any atom is -0.364 e. The Morgan fingerprint density at radius 3 is 1.61 bits per heavy atom. The van der Waals surface area contributed by atoms with E-state index in [1.54, 1.807) is 4.90 Å². The fourth-order valence-corrected chi connectivity index (χ4v) is 1.73. The molecule has 0 aliphatic carbocycles. The molecule has 0 unspecified atom stereocenters. The highest BCUT2D eigenvalue weighted by Crippen LogP contribution is 2.28. The summed E-state index contributed by atoms with van der Waals surface area (Å²) in [6, 6.07) is 19.1. The monoisotopic (exact) mass is 238 g/mol. The number of carbonyl (C=O) groups is 1. The molecular formula is C15H14N2O. The predicted octanol–water partition coefficient (Wildman–Crippen LogP) is 2.82. The molecule has 0 aromatic heterocycles. The molecule has 0 bridgehead atoms. The van der Waals surface area contributed by atoms with Gasteiger partial charge in [-0.25, -0.2) is 0 Å². The number of hydrogen-bond donors (Lipinski definition) is 1. The molecule has 90 valence electrons.